The molecule has 0 atom stereocenters. The number of nitrogens with two attached hydrogens (primary N) is 1. The summed E-state index contributed by atoms with van der Waals surface area (Å²) in [7, 11) is 0. The zero-order chi connectivity index (χ0) is 19.5. The Kier molecular flexibility index (Phi) is 8.38. The van der Waals surface area contributed by atoms with Gasteiger partial charge in [0.25, 0.3) is 0 Å². The van der Waals surface area contributed by atoms with Crippen molar-refractivity contribution >= 4 is 29.9 Å². The van der Waals surface area contributed by atoms with Gasteiger partial charge in [-0.2, -0.15) is 9.59 Å². The van der Waals surface area contributed by atoms with Gasteiger partial charge in [0.15, 0.2) is 0 Å². The van der Waals surface area contributed by atoms with Gasteiger partial charge in [-0.1, -0.05) is 30.3 Å². The van der Waals surface area contributed by atoms with Crippen molar-refractivity contribution in [2.24, 2.45) is 0 Å². The van der Waals surface area contributed by atoms with Crippen LogP contribution in [0.3, 0.4) is 0 Å². The minimum absolute atomic E-state index is 0.240. The highest BCUT2D eigenvalue weighted by molar-refractivity contribution is 7.97. The van der Waals surface area contributed by atoms with E-state index in [1.807, 2.05) is 54.6 Å². The molecule has 2 N–H and O–H groups in total. The fraction of sp³-hybridized carbons (Fsp3) is 0.263. The normalized spacial score (nSPS) is 13.9. The molecule has 0 unspecified atom stereocenters. The van der Waals surface area contributed by atoms with Gasteiger partial charge in [-0.3, -0.25) is 0 Å². The third kappa shape index (κ3) is 7.15. The summed E-state index contributed by atoms with van der Waals surface area (Å²) in [5.74, 6) is 0. The lowest BCUT2D eigenvalue weighted by atomic mass is 10.2. The molecule has 27 heavy (non-hydrogen) atoms. The maximum Gasteiger partial charge on any atom is 0.410 e. The second-order valence-electron chi connectivity index (χ2n) is 5.70. The van der Waals surface area contributed by atoms with Gasteiger partial charge in [-0.15, -0.1) is 0 Å². The van der Waals surface area contributed by atoms with E-state index < -0.39 is 0 Å². The lowest BCUT2D eigenvalue weighted by Crippen LogP contribution is -2.46. The van der Waals surface area contributed by atoms with Crippen molar-refractivity contribution in [1.82, 2.24) is 9.21 Å². The first-order valence-corrected chi connectivity index (χ1v) is 9.13. The molecular formula is C19H21N3O4S. The van der Waals surface area contributed by atoms with E-state index in [9.17, 15) is 4.79 Å². The fourth-order valence-corrected chi connectivity index (χ4v) is 3.35. The number of anilines is 1. The first-order chi connectivity index (χ1) is 13.1. The molecule has 0 bridgehead atoms. The summed E-state index contributed by atoms with van der Waals surface area (Å²) in [4.78, 5) is 31.3. The highest BCUT2D eigenvalue weighted by Crippen LogP contribution is 2.24. The second-order valence-corrected chi connectivity index (χ2v) is 6.87. The monoisotopic (exact) mass is 387 g/mol. The highest BCUT2D eigenvalue weighted by Gasteiger charge is 2.22. The third-order valence-electron chi connectivity index (χ3n) is 3.82. The number of carbonyl (C=O) groups is 1. The van der Waals surface area contributed by atoms with Crippen molar-refractivity contribution in [3.63, 3.8) is 0 Å². The molecule has 2 aromatic rings. The molecule has 3 rings (SSSR count). The van der Waals surface area contributed by atoms with E-state index in [1.165, 1.54) is 0 Å². The molecule has 2 aromatic carbocycles. The number of nitrogens with zero attached hydrogens (tertiary/aromatic N) is 2. The Bertz CT molecular complexity index is 741. The van der Waals surface area contributed by atoms with Crippen molar-refractivity contribution in [2.75, 3.05) is 31.9 Å². The average Bonchev–Trinajstić information content (AvgIpc) is 2.70. The summed E-state index contributed by atoms with van der Waals surface area (Å²) < 4.78 is 7.64. The summed E-state index contributed by atoms with van der Waals surface area (Å²) in [6, 6.07) is 17.6. The lowest BCUT2D eigenvalue weighted by Gasteiger charge is -2.33. The zero-order valence-corrected chi connectivity index (χ0v) is 15.6. The predicted octanol–water partition coefficient (Wildman–Crippen LogP) is 2.65. The second kappa shape index (κ2) is 11.0. The molecule has 8 heteroatoms. The van der Waals surface area contributed by atoms with Crippen LogP contribution in [0.15, 0.2) is 59.5 Å². The van der Waals surface area contributed by atoms with E-state index in [0.717, 1.165) is 29.2 Å². The average molecular weight is 387 g/mol. The largest absolute Gasteiger partial charge is 0.445 e. The summed E-state index contributed by atoms with van der Waals surface area (Å²) in [5, 5.41) is 0. The van der Waals surface area contributed by atoms with E-state index in [-0.39, 0.29) is 12.2 Å². The number of rotatable bonds is 4. The third-order valence-corrected chi connectivity index (χ3v) is 4.92. The van der Waals surface area contributed by atoms with Crippen LogP contribution in [0.4, 0.5) is 10.5 Å². The molecule has 0 aromatic heterocycles. The first-order valence-electron chi connectivity index (χ1n) is 8.35. The van der Waals surface area contributed by atoms with Crippen LogP contribution in [0.1, 0.15) is 5.56 Å². The molecule has 1 fully saturated rings. The maximum atomic E-state index is 12.1. The van der Waals surface area contributed by atoms with E-state index in [1.54, 1.807) is 16.8 Å². The number of piperazine rings is 1. The molecule has 0 spiro atoms. The standard InChI is InChI=1S/C18H21N3O2S.CO2/c19-16-6-8-17(9-7-16)24-21-12-10-20(11-13-21)18(22)23-14-15-4-2-1-3-5-15;2-1-3/h1-9H,10-14,19H2;. The summed E-state index contributed by atoms with van der Waals surface area (Å²) in [5.41, 5.74) is 7.47. The van der Waals surface area contributed by atoms with Crippen molar-refractivity contribution in [3.8, 4) is 0 Å². The van der Waals surface area contributed by atoms with Crippen LogP contribution in [-0.4, -0.2) is 47.6 Å². The van der Waals surface area contributed by atoms with Gasteiger partial charge in [0.2, 0.25) is 0 Å². The Morgan fingerprint density at radius 3 is 2.19 bits per heavy atom. The van der Waals surface area contributed by atoms with E-state index in [2.05, 4.69) is 4.31 Å². The number of nitrogen functional groups attached to an aromatic ring is 1. The van der Waals surface area contributed by atoms with E-state index in [4.69, 9.17) is 20.1 Å². The number of amides is 1. The summed E-state index contributed by atoms with van der Waals surface area (Å²) in [6.07, 6.45) is 0.0102. The van der Waals surface area contributed by atoms with Crippen LogP contribution in [0.5, 0.6) is 0 Å². The Balaban J connectivity index is 0.000000817. The molecule has 1 aliphatic heterocycles. The number of ether oxygens (including phenoxy) is 1. The summed E-state index contributed by atoms with van der Waals surface area (Å²) >= 11 is 1.70. The Hall–Kier alpha value is -2.80. The van der Waals surface area contributed by atoms with Crippen LogP contribution >= 0.6 is 11.9 Å². The molecule has 1 saturated heterocycles. The Morgan fingerprint density at radius 2 is 1.59 bits per heavy atom. The van der Waals surface area contributed by atoms with Gasteiger partial charge in [-0.05, 0) is 41.8 Å². The van der Waals surface area contributed by atoms with Gasteiger partial charge in [0.05, 0.1) is 0 Å². The highest BCUT2D eigenvalue weighted by atomic mass is 32.2. The van der Waals surface area contributed by atoms with E-state index in [0.29, 0.717) is 19.7 Å². The number of hydrogen-bond acceptors (Lipinski definition) is 7. The maximum absolute atomic E-state index is 12.1. The lowest BCUT2D eigenvalue weighted by molar-refractivity contribution is -0.191. The zero-order valence-electron chi connectivity index (χ0n) is 14.7. The molecule has 142 valence electrons. The molecule has 0 saturated carbocycles. The van der Waals surface area contributed by atoms with Gasteiger partial charge < -0.3 is 15.4 Å². The van der Waals surface area contributed by atoms with Gasteiger partial charge >= 0.3 is 12.2 Å². The van der Waals surface area contributed by atoms with E-state index >= 15 is 0 Å². The molecule has 0 aliphatic carbocycles. The molecular weight excluding hydrogens is 366 g/mol. The molecule has 1 amide bonds. The Morgan fingerprint density at radius 1 is 1.00 bits per heavy atom. The van der Waals surface area contributed by atoms with Crippen LogP contribution in [-0.2, 0) is 20.9 Å². The number of carbonyl (C=O) groups excluding carboxylic acids is 3. The Labute approximate surface area is 162 Å². The SMILES string of the molecule is Nc1ccc(SN2CCN(C(=O)OCc3ccccc3)CC2)cc1.O=C=O. The van der Waals surface area contributed by atoms with Crippen molar-refractivity contribution in [2.45, 2.75) is 11.5 Å². The molecule has 7 nitrogen and oxygen atoms in total. The van der Waals surface area contributed by atoms with Crippen molar-refractivity contribution in [3.05, 3.63) is 60.2 Å². The number of hydrogen-bond donors (Lipinski definition) is 1. The molecule has 0 radical (unpaired) electrons. The van der Waals surface area contributed by atoms with Gasteiger partial charge in [0.1, 0.15) is 6.61 Å². The quantitative estimate of drug-likeness (QED) is 0.637. The predicted molar refractivity (Wildman–Crippen MR) is 101 cm³/mol. The van der Waals surface area contributed by atoms with Crippen molar-refractivity contribution < 1.29 is 19.1 Å². The van der Waals surface area contributed by atoms with Crippen LogP contribution in [0.25, 0.3) is 0 Å². The first kappa shape index (κ1) is 20.5. The van der Waals surface area contributed by atoms with Crippen LogP contribution in [0.2, 0.25) is 0 Å². The van der Waals surface area contributed by atoms with Crippen molar-refractivity contribution in [1.29, 1.82) is 0 Å². The summed E-state index contributed by atoms with van der Waals surface area (Å²) in [6.45, 7) is 3.30. The minimum Gasteiger partial charge on any atom is -0.445 e. The van der Waals surface area contributed by atoms with Crippen LogP contribution < -0.4 is 5.73 Å². The molecule has 1 aliphatic rings. The molecule has 1 heterocycles. The fourth-order valence-electron chi connectivity index (χ4n) is 2.45. The van der Waals surface area contributed by atoms with Gasteiger partial charge in [0, 0.05) is 36.8 Å². The smallest absolute Gasteiger partial charge is 0.410 e. The topological polar surface area (TPSA) is 92.9 Å². The minimum atomic E-state index is -0.240. The number of benzene rings is 2. The van der Waals surface area contributed by atoms with Gasteiger partial charge in [-0.25, -0.2) is 9.10 Å². The van der Waals surface area contributed by atoms with Crippen LogP contribution in [0, 0.1) is 0 Å².